The number of nitrogens with one attached hydrogen (secondary N) is 3. The second-order valence-corrected chi connectivity index (χ2v) is 6.91. The van der Waals surface area contributed by atoms with Crippen LogP contribution >= 0.6 is 0 Å². The lowest BCUT2D eigenvalue weighted by Crippen LogP contribution is -2.19. The van der Waals surface area contributed by atoms with Crippen molar-refractivity contribution < 1.29 is 14.0 Å². The van der Waals surface area contributed by atoms with Gasteiger partial charge in [-0.2, -0.15) is 0 Å². The lowest BCUT2D eigenvalue weighted by Gasteiger charge is -2.09. The molecule has 0 atom stereocenters. The summed E-state index contributed by atoms with van der Waals surface area (Å²) < 4.78 is 13.6. The standard InChI is InChI=1S/C23H19FN4O2/c1-13-6-9-16(12-18(13)24)27-23(30)26-15-10-7-14(8-11-15)20-17-4-2-3-5-19(17)28-21(20)22(25)29/h2-12,28H,1H3,(H2,25,29)(H2,26,27,30). The maximum absolute atomic E-state index is 13.6. The van der Waals surface area contributed by atoms with E-state index in [0.717, 1.165) is 16.5 Å². The average molecular weight is 402 g/mol. The monoisotopic (exact) mass is 402 g/mol. The first kappa shape index (κ1) is 19.2. The first-order chi connectivity index (χ1) is 14.4. The number of benzene rings is 3. The number of aromatic nitrogens is 1. The molecule has 0 aliphatic heterocycles. The Labute approximate surface area is 171 Å². The molecule has 4 rings (SSSR count). The van der Waals surface area contributed by atoms with E-state index < -0.39 is 11.9 Å². The van der Waals surface area contributed by atoms with Crippen molar-refractivity contribution in [1.29, 1.82) is 0 Å². The Bertz CT molecular complexity index is 1260. The highest BCUT2D eigenvalue weighted by Crippen LogP contribution is 2.33. The van der Waals surface area contributed by atoms with Gasteiger partial charge >= 0.3 is 6.03 Å². The molecular weight excluding hydrogens is 383 g/mol. The number of carbonyl (C=O) groups is 2. The molecule has 30 heavy (non-hydrogen) atoms. The van der Waals surface area contributed by atoms with Gasteiger partial charge in [0, 0.05) is 27.8 Å². The van der Waals surface area contributed by atoms with E-state index in [2.05, 4.69) is 15.6 Å². The molecule has 0 spiro atoms. The first-order valence-corrected chi connectivity index (χ1v) is 9.27. The van der Waals surface area contributed by atoms with Gasteiger partial charge in [-0.1, -0.05) is 36.4 Å². The number of aryl methyl sites for hydroxylation is 1. The fourth-order valence-electron chi connectivity index (χ4n) is 3.31. The van der Waals surface area contributed by atoms with Crippen LogP contribution in [0.15, 0.2) is 66.7 Å². The van der Waals surface area contributed by atoms with Crippen LogP contribution in [0.3, 0.4) is 0 Å². The van der Waals surface area contributed by atoms with Crippen molar-refractivity contribution in [2.45, 2.75) is 6.92 Å². The third-order valence-corrected chi connectivity index (χ3v) is 4.81. The summed E-state index contributed by atoms with van der Waals surface area (Å²) in [5.74, 6) is -0.936. The van der Waals surface area contributed by atoms with Gasteiger partial charge in [0.25, 0.3) is 5.91 Å². The van der Waals surface area contributed by atoms with Crippen molar-refractivity contribution in [3.05, 3.63) is 83.8 Å². The van der Waals surface area contributed by atoms with Crippen molar-refractivity contribution >= 4 is 34.2 Å². The number of para-hydroxylation sites is 1. The van der Waals surface area contributed by atoms with E-state index in [4.69, 9.17) is 5.73 Å². The Kier molecular flexibility index (Phi) is 4.93. The Hall–Kier alpha value is -4.13. The molecule has 0 aliphatic carbocycles. The van der Waals surface area contributed by atoms with Crippen LogP contribution in [0.1, 0.15) is 16.1 Å². The molecule has 5 N–H and O–H groups in total. The molecule has 6 nitrogen and oxygen atoms in total. The van der Waals surface area contributed by atoms with Crippen LogP contribution in [-0.2, 0) is 0 Å². The zero-order chi connectivity index (χ0) is 21.3. The van der Waals surface area contributed by atoms with Crippen molar-refractivity contribution in [2.75, 3.05) is 10.6 Å². The predicted molar refractivity (Wildman–Crippen MR) is 116 cm³/mol. The van der Waals surface area contributed by atoms with Gasteiger partial charge in [-0.05, 0) is 48.4 Å². The summed E-state index contributed by atoms with van der Waals surface area (Å²) in [4.78, 5) is 27.2. The van der Waals surface area contributed by atoms with Gasteiger partial charge in [-0.3, -0.25) is 4.79 Å². The van der Waals surface area contributed by atoms with Gasteiger partial charge in [-0.15, -0.1) is 0 Å². The molecule has 150 valence electrons. The number of hydrogen-bond acceptors (Lipinski definition) is 2. The van der Waals surface area contributed by atoms with E-state index in [-0.39, 0.29) is 5.82 Å². The number of primary amides is 1. The molecule has 7 heteroatoms. The number of amides is 3. The Morgan fingerprint density at radius 2 is 1.60 bits per heavy atom. The second-order valence-electron chi connectivity index (χ2n) is 6.91. The summed E-state index contributed by atoms with van der Waals surface area (Å²) in [5, 5.41) is 6.17. The average Bonchev–Trinajstić information content (AvgIpc) is 3.11. The number of halogens is 1. The van der Waals surface area contributed by atoms with Crippen molar-refractivity contribution in [3.8, 4) is 11.1 Å². The van der Waals surface area contributed by atoms with Gasteiger partial charge in [0.05, 0.1) is 0 Å². The topological polar surface area (TPSA) is 100 Å². The fourth-order valence-corrected chi connectivity index (χ4v) is 3.31. The molecule has 0 aliphatic rings. The highest BCUT2D eigenvalue weighted by molar-refractivity contribution is 6.09. The van der Waals surface area contributed by atoms with Crippen LogP contribution in [0, 0.1) is 12.7 Å². The molecule has 0 radical (unpaired) electrons. The third-order valence-electron chi connectivity index (χ3n) is 4.81. The summed E-state index contributed by atoms with van der Waals surface area (Å²) in [7, 11) is 0. The molecule has 3 amide bonds. The van der Waals surface area contributed by atoms with Crippen LogP contribution in [0.2, 0.25) is 0 Å². The minimum Gasteiger partial charge on any atom is -0.364 e. The number of nitrogens with two attached hydrogens (primary N) is 1. The summed E-state index contributed by atoms with van der Waals surface area (Å²) >= 11 is 0. The molecule has 0 saturated carbocycles. The van der Waals surface area contributed by atoms with Gasteiger partial charge in [0.15, 0.2) is 0 Å². The van der Waals surface area contributed by atoms with E-state index in [1.165, 1.54) is 6.07 Å². The third kappa shape index (κ3) is 3.73. The number of hydrogen-bond donors (Lipinski definition) is 4. The molecular formula is C23H19FN4O2. The van der Waals surface area contributed by atoms with Crippen LogP contribution in [-0.4, -0.2) is 16.9 Å². The molecule has 0 fully saturated rings. The number of fused-ring (bicyclic) bond motifs is 1. The number of H-pyrrole nitrogens is 1. The van der Waals surface area contributed by atoms with Crippen LogP contribution in [0.4, 0.5) is 20.6 Å². The van der Waals surface area contributed by atoms with Crippen molar-refractivity contribution in [2.24, 2.45) is 5.73 Å². The van der Waals surface area contributed by atoms with Gasteiger partial charge in [-0.25, -0.2) is 9.18 Å². The molecule has 3 aromatic carbocycles. The maximum atomic E-state index is 13.6. The maximum Gasteiger partial charge on any atom is 0.323 e. The second kappa shape index (κ2) is 7.71. The number of aromatic amines is 1. The SMILES string of the molecule is Cc1ccc(NC(=O)Nc2ccc(-c3c(C(N)=O)[nH]c4ccccc34)cc2)cc1F. The molecule has 0 bridgehead atoms. The lowest BCUT2D eigenvalue weighted by atomic mass is 10.0. The predicted octanol–water partition coefficient (Wildman–Crippen LogP) is 5.03. The smallest absolute Gasteiger partial charge is 0.323 e. The van der Waals surface area contributed by atoms with Crippen LogP contribution in [0.5, 0.6) is 0 Å². The summed E-state index contributed by atoms with van der Waals surface area (Å²) in [5.41, 5.74) is 9.59. The lowest BCUT2D eigenvalue weighted by molar-refractivity contribution is 0.0997. The normalized spacial score (nSPS) is 10.7. The van der Waals surface area contributed by atoms with Gasteiger partial charge < -0.3 is 21.4 Å². The molecule has 4 aromatic rings. The highest BCUT2D eigenvalue weighted by Gasteiger charge is 2.17. The van der Waals surface area contributed by atoms with Crippen molar-refractivity contribution in [3.63, 3.8) is 0 Å². The Balaban J connectivity index is 1.55. The number of urea groups is 1. The zero-order valence-corrected chi connectivity index (χ0v) is 16.1. The van der Waals surface area contributed by atoms with E-state index in [0.29, 0.717) is 28.2 Å². The van der Waals surface area contributed by atoms with Crippen LogP contribution < -0.4 is 16.4 Å². The summed E-state index contributed by atoms with van der Waals surface area (Å²) in [6.07, 6.45) is 0. The van der Waals surface area contributed by atoms with E-state index >= 15 is 0 Å². The van der Waals surface area contributed by atoms with E-state index in [1.807, 2.05) is 24.3 Å². The summed E-state index contributed by atoms with van der Waals surface area (Å²) in [6, 6.07) is 18.6. The molecule has 1 heterocycles. The highest BCUT2D eigenvalue weighted by atomic mass is 19.1. The van der Waals surface area contributed by atoms with Crippen LogP contribution in [0.25, 0.3) is 22.0 Å². The number of anilines is 2. The van der Waals surface area contributed by atoms with Crippen molar-refractivity contribution in [1.82, 2.24) is 4.98 Å². The zero-order valence-electron chi connectivity index (χ0n) is 16.1. The molecule has 0 saturated heterocycles. The number of rotatable bonds is 4. The largest absolute Gasteiger partial charge is 0.364 e. The minimum atomic E-state index is -0.548. The van der Waals surface area contributed by atoms with E-state index in [1.54, 1.807) is 43.3 Å². The van der Waals surface area contributed by atoms with Gasteiger partial charge in [0.1, 0.15) is 11.5 Å². The fraction of sp³-hybridized carbons (Fsp3) is 0.0435. The number of carbonyl (C=O) groups excluding carboxylic acids is 2. The minimum absolute atomic E-state index is 0.330. The Morgan fingerprint density at radius 3 is 2.30 bits per heavy atom. The molecule has 0 unspecified atom stereocenters. The first-order valence-electron chi connectivity index (χ1n) is 9.27. The van der Waals surface area contributed by atoms with E-state index in [9.17, 15) is 14.0 Å². The van der Waals surface area contributed by atoms with Gasteiger partial charge in [0.2, 0.25) is 0 Å². The Morgan fingerprint density at radius 1 is 0.933 bits per heavy atom. The summed E-state index contributed by atoms with van der Waals surface area (Å²) in [6.45, 7) is 1.65. The molecule has 1 aromatic heterocycles. The quantitative estimate of drug-likeness (QED) is 0.385.